The summed E-state index contributed by atoms with van der Waals surface area (Å²) < 4.78 is 21.4. The summed E-state index contributed by atoms with van der Waals surface area (Å²) in [7, 11) is 6.46. The summed E-state index contributed by atoms with van der Waals surface area (Å²) in [4.78, 5) is 15.2. The molecule has 1 saturated heterocycles. The van der Waals surface area contributed by atoms with Crippen molar-refractivity contribution in [3.63, 3.8) is 0 Å². The first-order valence-electron chi connectivity index (χ1n) is 12.6. The number of carbonyl (C=O) groups excluding carboxylic acids is 1. The molecule has 3 aromatic carbocycles. The van der Waals surface area contributed by atoms with Gasteiger partial charge in [0, 0.05) is 19.2 Å². The van der Waals surface area contributed by atoms with Crippen LogP contribution in [-0.4, -0.2) is 52.3 Å². The van der Waals surface area contributed by atoms with E-state index in [1.165, 1.54) is 11.1 Å². The summed E-state index contributed by atoms with van der Waals surface area (Å²) in [6, 6.07) is 19.9. The van der Waals surface area contributed by atoms with Gasteiger partial charge in [0.15, 0.2) is 11.5 Å². The minimum atomic E-state index is -0.176. The maximum Gasteiger partial charge on any atom is 0.255 e. The highest BCUT2D eigenvalue weighted by molar-refractivity contribution is 5.97. The van der Waals surface area contributed by atoms with Crippen LogP contribution in [0.4, 0.5) is 0 Å². The van der Waals surface area contributed by atoms with Crippen LogP contribution in [0.5, 0.6) is 23.0 Å². The van der Waals surface area contributed by atoms with Gasteiger partial charge in [-0.3, -0.25) is 9.69 Å². The zero-order valence-corrected chi connectivity index (χ0v) is 22.1. The number of amides is 1. The fourth-order valence-corrected chi connectivity index (χ4v) is 4.83. The van der Waals surface area contributed by atoms with E-state index in [2.05, 4.69) is 46.6 Å². The van der Waals surface area contributed by atoms with Crippen LogP contribution in [0.15, 0.2) is 60.7 Å². The van der Waals surface area contributed by atoms with E-state index in [0.29, 0.717) is 29.5 Å². The minimum Gasteiger partial charge on any atom is -0.497 e. The zero-order valence-electron chi connectivity index (χ0n) is 22.1. The predicted molar refractivity (Wildman–Crippen MR) is 144 cm³/mol. The highest BCUT2D eigenvalue weighted by Gasteiger charge is 2.21. The van der Waals surface area contributed by atoms with Crippen LogP contribution in [0, 0.1) is 0 Å². The first-order chi connectivity index (χ1) is 18.0. The molecule has 0 bridgehead atoms. The maximum atomic E-state index is 12.7. The quantitative estimate of drug-likeness (QED) is 0.418. The Morgan fingerprint density at radius 2 is 1.46 bits per heavy atom. The van der Waals surface area contributed by atoms with Crippen molar-refractivity contribution in [2.45, 2.75) is 31.8 Å². The van der Waals surface area contributed by atoms with E-state index < -0.39 is 0 Å². The van der Waals surface area contributed by atoms with Crippen molar-refractivity contribution in [3.05, 3.63) is 82.9 Å². The summed E-state index contributed by atoms with van der Waals surface area (Å²) in [5.74, 6) is 3.04. The number of likely N-dealkylation sites (tertiary alicyclic amines) is 1. The lowest BCUT2D eigenvalue weighted by atomic mass is 9.89. The zero-order chi connectivity index (χ0) is 26.2. The third kappa shape index (κ3) is 6.54. The number of hydrogen-bond acceptors (Lipinski definition) is 6. The molecule has 0 spiro atoms. The minimum absolute atomic E-state index is 0.176. The van der Waals surface area contributed by atoms with Crippen molar-refractivity contribution in [3.8, 4) is 23.0 Å². The van der Waals surface area contributed by atoms with Gasteiger partial charge >= 0.3 is 0 Å². The SMILES string of the molecule is COc1ccc(C(=O)NCc2ccc(C3CCN(Cc4ccc(OC)c(OC)c4)CC3)cc2)c(OC)c1. The maximum absolute atomic E-state index is 12.7. The van der Waals surface area contributed by atoms with Gasteiger partial charge in [-0.25, -0.2) is 0 Å². The van der Waals surface area contributed by atoms with Crippen LogP contribution in [-0.2, 0) is 13.1 Å². The third-order valence-electron chi connectivity index (χ3n) is 7.00. The lowest BCUT2D eigenvalue weighted by Gasteiger charge is -2.32. The van der Waals surface area contributed by atoms with E-state index in [1.807, 2.05) is 6.07 Å². The Balaban J connectivity index is 1.27. The number of rotatable bonds is 10. The van der Waals surface area contributed by atoms with Gasteiger partial charge in [0.1, 0.15) is 11.5 Å². The summed E-state index contributed by atoms with van der Waals surface area (Å²) >= 11 is 0. The molecular weight excluding hydrogens is 468 g/mol. The van der Waals surface area contributed by atoms with Gasteiger partial charge in [-0.05, 0) is 72.8 Å². The molecule has 0 radical (unpaired) electrons. The van der Waals surface area contributed by atoms with E-state index in [-0.39, 0.29) is 5.91 Å². The number of hydrogen-bond donors (Lipinski definition) is 1. The smallest absolute Gasteiger partial charge is 0.255 e. The molecule has 1 fully saturated rings. The Kier molecular flexibility index (Phi) is 8.90. The average molecular weight is 505 g/mol. The van der Waals surface area contributed by atoms with E-state index >= 15 is 0 Å². The summed E-state index contributed by atoms with van der Waals surface area (Å²) in [5, 5.41) is 2.99. The van der Waals surface area contributed by atoms with Gasteiger partial charge in [-0.1, -0.05) is 30.3 Å². The van der Waals surface area contributed by atoms with Gasteiger partial charge < -0.3 is 24.3 Å². The Morgan fingerprint density at radius 1 is 0.784 bits per heavy atom. The molecule has 1 aliphatic rings. The van der Waals surface area contributed by atoms with Crippen LogP contribution in [0.2, 0.25) is 0 Å². The largest absolute Gasteiger partial charge is 0.497 e. The van der Waals surface area contributed by atoms with E-state index in [4.69, 9.17) is 18.9 Å². The van der Waals surface area contributed by atoms with Crippen LogP contribution >= 0.6 is 0 Å². The molecule has 196 valence electrons. The van der Waals surface area contributed by atoms with Crippen molar-refractivity contribution in [2.24, 2.45) is 0 Å². The van der Waals surface area contributed by atoms with Crippen LogP contribution < -0.4 is 24.3 Å². The molecule has 0 aromatic heterocycles. The molecule has 7 nitrogen and oxygen atoms in total. The average Bonchev–Trinajstić information content (AvgIpc) is 2.96. The highest BCUT2D eigenvalue weighted by Crippen LogP contribution is 2.31. The summed E-state index contributed by atoms with van der Waals surface area (Å²) in [5.41, 5.74) is 4.14. The highest BCUT2D eigenvalue weighted by atomic mass is 16.5. The summed E-state index contributed by atoms with van der Waals surface area (Å²) in [6.45, 7) is 3.48. The molecular formula is C30H36N2O5. The molecule has 1 N–H and O–H groups in total. The molecule has 4 rings (SSSR count). The van der Waals surface area contributed by atoms with E-state index in [1.54, 1.807) is 46.6 Å². The molecule has 0 saturated carbocycles. The molecule has 0 atom stereocenters. The second kappa shape index (κ2) is 12.5. The van der Waals surface area contributed by atoms with Gasteiger partial charge in [-0.2, -0.15) is 0 Å². The van der Waals surface area contributed by atoms with Crippen molar-refractivity contribution < 1.29 is 23.7 Å². The number of methoxy groups -OCH3 is 4. The van der Waals surface area contributed by atoms with Crippen LogP contribution in [0.25, 0.3) is 0 Å². The molecule has 1 aliphatic heterocycles. The molecule has 7 heteroatoms. The molecule has 1 heterocycles. The number of nitrogens with zero attached hydrogens (tertiary/aromatic N) is 1. The normalized spacial score (nSPS) is 14.2. The monoisotopic (exact) mass is 504 g/mol. The van der Waals surface area contributed by atoms with Crippen LogP contribution in [0.1, 0.15) is 45.8 Å². The van der Waals surface area contributed by atoms with Crippen molar-refractivity contribution >= 4 is 5.91 Å². The number of ether oxygens (including phenoxy) is 4. The van der Waals surface area contributed by atoms with Crippen molar-refractivity contribution in [1.82, 2.24) is 10.2 Å². The first kappa shape index (κ1) is 26.4. The molecule has 0 aliphatic carbocycles. The van der Waals surface area contributed by atoms with Gasteiger partial charge in [0.25, 0.3) is 5.91 Å². The lowest BCUT2D eigenvalue weighted by Crippen LogP contribution is -2.32. The third-order valence-corrected chi connectivity index (χ3v) is 7.00. The van der Waals surface area contributed by atoms with Crippen molar-refractivity contribution in [2.75, 3.05) is 41.5 Å². The Hall–Kier alpha value is -3.71. The molecule has 3 aromatic rings. The Morgan fingerprint density at radius 3 is 2.11 bits per heavy atom. The Labute approximate surface area is 219 Å². The molecule has 37 heavy (non-hydrogen) atoms. The van der Waals surface area contributed by atoms with Crippen molar-refractivity contribution in [1.29, 1.82) is 0 Å². The fraction of sp³-hybridized carbons (Fsp3) is 0.367. The number of carbonyl (C=O) groups is 1. The number of nitrogens with one attached hydrogen (secondary N) is 1. The van der Waals surface area contributed by atoms with Gasteiger partial charge in [0.05, 0.1) is 34.0 Å². The van der Waals surface area contributed by atoms with E-state index in [9.17, 15) is 4.79 Å². The molecule has 0 unspecified atom stereocenters. The predicted octanol–water partition coefficient (Wildman–Crippen LogP) is 5.03. The topological polar surface area (TPSA) is 69.3 Å². The lowest BCUT2D eigenvalue weighted by molar-refractivity contribution is 0.0948. The summed E-state index contributed by atoms with van der Waals surface area (Å²) in [6.07, 6.45) is 2.25. The van der Waals surface area contributed by atoms with Gasteiger partial charge in [-0.15, -0.1) is 0 Å². The van der Waals surface area contributed by atoms with E-state index in [0.717, 1.165) is 49.5 Å². The number of piperidine rings is 1. The standard InChI is InChI=1S/C30H36N2O5/c1-34-25-10-11-26(28(18-25)36-3)30(33)31-19-21-5-8-23(9-6-21)24-13-15-32(16-14-24)20-22-7-12-27(35-2)29(17-22)37-4/h5-12,17-18,24H,13-16,19-20H2,1-4H3,(H,31,33). The van der Waals surface area contributed by atoms with Gasteiger partial charge in [0.2, 0.25) is 0 Å². The second-order valence-electron chi connectivity index (χ2n) is 9.23. The Bertz CT molecular complexity index is 1190. The molecule has 1 amide bonds. The number of benzene rings is 3. The first-order valence-corrected chi connectivity index (χ1v) is 12.6. The van der Waals surface area contributed by atoms with Crippen LogP contribution in [0.3, 0.4) is 0 Å². The fourth-order valence-electron chi connectivity index (χ4n) is 4.83. The second-order valence-corrected chi connectivity index (χ2v) is 9.23.